The molecule has 0 saturated heterocycles. The highest BCUT2D eigenvalue weighted by molar-refractivity contribution is 7.18. The zero-order chi connectivity index (χ0) is 26.3. The van der Waals surface area contributed by atoms with E-state index in [0.717, 1.165) is 37.0 Å². The maximum absolute atomic E-state index is 14.0. The van der Waals surface area contributed by atoms with E-state index in [1.165, 1.54) is 62.7 Å². The molecule has 5 nitrogen and oxygen atoms in total. The van der Waals surface area contributed by atoms with Crippen LogP contribution in [0.15, 0.2) is 6.07 Å². The molecule has 1 heterocycles. The summed E-state index contributed by atoms with van der Waals surface area (Å²) in [7, 11) is 0. The minimum absolute atomic E-state index is 0.0105. The van der Waals surface area contributed by atoms with Crippen molar-refractivity contribution in [3.63, 3.8) is 0 Å². The van der Waals surface area contributed by atoms with Crippen LogP contribution >= 0.6 is 11.3 Å². The minimum Gasteiger partial charge on any atom is -0.481 e. The van der Waals surface area contributed by atoms with Crippen LogP contribution < -0.4 is 0 Å². The fourth-order valence-electron chi connectivity index (χ4n) is 4.24. The predicted octanol–water partition coefficient (Wildman–Crippen LogP) is 8.00. The van der Waals surface area contributed by atoms with Crippen LogP contribution in [0.5, 0.6) is 0 Å². The van der Waals surface area contributed by atoms with Gasteiger partial charge in [0, 0.05) is 19.0 Å². The van der Waals surface area contributed by atoms with E-state index >= 15 is 0 Å². The molecule has 0 unspecified atom stereocenters. The van der Waals surface area contributed by atoms with Crippen LogP contribution in [0, 0.1) is 17.5 Å². The summed E-state index contributed by atoms with van der Waals surface area (Å²) < 4.78 is 41.5. The Morgan fingerprint density at radius 3 is 1.97 bits per heavy atom. The molecule has 36 heavy (non-hydrogen) atoms. The molecule has 202 valence electrons. The minimum atomic E-state index is -1.31. The van der Waals surface area contributed by atoms with Crippen molar-refractivity contribution in [1.29, 1.82) is 0 Å². The van der Waals surface area contributed by atoms with Crippen molar-refractivity contribution in [1.82, 2.24) is 9.88 Å². The van der Waals surface area contributed by atoms with Crippen LogP contribution in [0.2, 0.25) is 0 Å². The molecular weight excluding hydrogens is 489 g/mol. The fraction of sp³-hybridized carbons (Fsp3) is 0.667. The number of aliphatic carboxylic acids is 1. The number of thiazole rings is 1. The van der Waals surface area contributed by atoms with Gasteiger partial charge in [-0.05, 0) is 6.42 Å². The molecule has 0 aliphatic rings. The summed E-state index contributed by atoms with van der Waals surface area (Å²) in [5.74, 6) is -4.83. The Hall–Kier alpha value is -2.16. The second-order valence-corrected chi connectivity index (χ2v) is 10.5. The van der Waals surface area contributed by atoms with Crippen molar-refractivity contribution in [2.75, 3.05) is 6.54 Å². The van der Waals surface area contributed by atoms with Gasteiger partial charge in [0.15, 0.2) is 11.6 Å². The summed E-state index contributed by atoms with van der Waals surface area (Å²) in [4.78, 5) is 29.0. The van der Waals surface area contributed by atoms with Gasteiger partial charge < -0.3 is 10.0 Å². The molecule has 0 radical (unpaired) electrons. The molecule has 2 aromatic rings. The van der Waals surface area contributed by atoms with Crippen molar-refractivity contribution in [3.05, 3.63) is 28.5 Å². The molecule has 0 spiro atoms. The van der Waals surface area contributed by atoms with Gasteiger partial charge in [-0.3, -0.25) is 9.59 Å². The standard InChI is InChI=1S/C27H39F3N2O3S/c1-2-3-4-5-6-7-8-9-10-11-12-13-14-17-32(23(33)15-16-24(34)35)19-22-31-26-25(30)20(28)18-21(29)27(26)36-22/h18H,2-17,19H2,1H3,(H,34,35). The molecule has 9 heteroatoms. The highest BCUT2D eigenvalue weighted by Gasteiger charge is 2.21. The third kappa shape index (κ3) is 10.4. The molecule has 0 atom stereocenters. The molecule has 0 aliphatic carbocycles. The Bertz CT molecular complexity index is 967. The summed E-state index contributed by atoms with van der Waals surface area (Å²) in [5.41, 5.74) is -0.383. The van der Waals surface area contributed by atoms with Crippen molar-refractivity contribution in [3.8, 4) is 0 Å². The van der Waals surface area contributed by atoms with Gasteiger partial charge in [-0.1, -0.05) is 84.0 Å². The topological polar surface area (TPSA) is 70.5 Å². The Balaban J connectivity index is 1.78. The number of fused-ring (bicyclic) bond motifs is 1. The number of hydrogen-bond donors (Lipinski definition) is 1. The van der Waals surface area contributed by atoms with E-state index in [1.807, 2.05) is 0 Å². The number of carboxylic acid groups (broad SMARTS) is 1. The first-order valence-electron chi connectivity index (χ1n) is 13.3. The van der Waals surface area contributed by atoms with Crippen LogP contribution in [0.25, 0.3) is 10.2 Å². The first-order chi connectivity index (χ1) is 17.3. The Kier molecular flexibility index (Phi) is 13.8. The zero-order valence-electron chi connectivity index (χ0n) is 21.3. The number of halogens is 3. The predicted molar refractivity (Wildman–Crippen MR) is 137 cm³/mol. The van der Waals surface area contributed by atoms with E-state index in [1.54, 1.807) is 0 Å². The Morgan fingerprint density at radius 2 is 1.42 bits per heavy atom. The second-order valence-electron chi connectivity index (χ2n) is 9.39. The van der Waals surface area contributed by atoms with Crippen molar-refractivity contribution >= 4 is 33.4 Å². The number of carbonyl (C=O) groups is 2. The Labute approximate surface area is 216 Å². The fourth-order valence-corrected chi connectivity index (χ4v) is 5.22. The molecule has 0 fully saturated rings. The molecule has 1 aromatic heterocycles. The van der Waals surface area contributed by atoms with Crippen molar-refractivity contribution in [2.24, 2.45) is 0 Å². The molecule has 0 saturated carbocycles. The normalized spacial score (nSPS) is 11.3. The average Bonchev–Trinajstić information content (AvgIpc) is 3.28. The summed E-state index contributed by atoms with van der Waals surface area (Å²) in [6.45, 7) is 2.65. The van der Waals surface area contributed by atoms with E-state index in [2.05, 4.69) is 11.9 Å². The van der Waals surface area contributed by atoms with E-state index < -0.39 is 23.4 Å². The maximum Gasteiger partial charge on any atom is 0.303 e. The Morgan fingerprint density at radius 1 is 0.861 bits per heavy atom. The number of carboxylic acids is 1. The highest BCUT2D eigenvalue weighted by atomic mass is 32.1. The van der Waals surface area contributed by atoms with Gasteiger partial charge in [0.25, 0.3) is 0 Å². The zero-order valence-corrected chi connectivity index (χ0v) is 22.1. The summed E-state index contributed by atoms with van der Waals surface area (Å²) >= 11 is 0.876. The SMILES string of the molecule is CCCCCCCCCCCCCCCN(Cc1nc2c(F)c(F)cc(F)c2s1)C(=O)CCC(=O)O. The van der Waals surface area contributed by atoms with Crippen LogP contribution in [0.3, 0.4) is 0 Å². The summed E-state index contributed by atoms with van der Waals surface area (Å²) in [6.07, 6.45) is 15.1. The lowest BCUT2D eigenvalue weighted by atomic mass is 10.0. The monoisotopic (exact) mass is 528 g/mol. The lowest BCUT2D eigenvalue weighted by molar-refractivity contribution is -0.141. The van der Waals surface area contributed by atoms with E-state index in [9.17, 15) is 22.8 Å². The van der Waals surface area contributed by atoms with Crippen molar-refractivity contribution in [2.45, 2.75) is 110 Å². The number of rotatable bonds is 19. The molecule has 2 rings (SSSR count). The third-order valence-corrected chi connectivity index (χ3v) is 7.37. The lowest BCUT2D eigenvalue weighted by Gasteiger charge is -2.21. The van der Waals surface area contributed by atoms with Gasteiger partial charge in [-0.25, -0.2) is 18.2 Å². The lowest BCUT2D eigenvalue weighted by Crippen LogP contribution is -2.31. The quantitative estimate of drug-likeness (QED) is 0.148. The molecule has 1 aromatic carbocycles. The van der Waals surface area contributed by atoms with Gasteiger partial charge in [-0.2, -0.15) is 0 Å². The van der Waals surface area contributed by atoms with E-state index in [0.29, 0.717) is 12.6 Å². The van der Waals surface area contributed by atoms with Gasteiger partial charge in [-0.15, -0.1) is 11.3 Å². The largest absolute Gasteiger partial charge is 0.481 e. The smallest absolute Gasteiger partial charge is 0.303 e. The second kappa shape index (κ2) is 16.6. The number of benzene rings is 1. The highest BCUT2D eigenvalue weighted by Crippen LogP contribution is 2.29. The molecule has 0 bridgehead atoms. The van der Waals surface area contributed by atoms with Crippen LogP contribution in [0.1, 0.15) is 108 Å². The number of aromatic nitrogens is 1. The van der Waals surface area contributed by atoms with Crippen LogP contribution in [-0.4, -0.2) is 33.4 Å². The molecule has 0 aliphatic heterocycles. The number of carbonyl (C=O) groups excluding carboxylic acids is 1. The number of nitrogens with zero attached hydrogens (tertiary/aromatic N) is 2. The molecular formula is C27H39F3N2O3S. The number of unbranched alkanes of at least 4 members (excludes halogenated alkanes) is 12. The number of hydrogen-bond acceptors (Lipinski definition) is 4. The molecule has 1 N–H and O–H groups in total. The first kappa shape index (κ1) is 30.1. The van der Waals surface area contributed by atoms with E-state index in [-0.39, 0.29) is 40.5 Å². The summed E-state index contributed by atoms with van der Waals surface area (Å²) in [6, 6.07) is 0.489. The third-order valence-electron chi connectivity index (χ3n) is 6.32. The number of amides is 1. The van der Waals surface area contributed by atoms with Gasteiger partial charge in [0.05, 0.1) is 17.7 Å². The van der Waals surface area contributed by atoms with Gasteiger partial charge in [0.1, 0.15) is 16.3 Å². The van der Waals surface area contributed by atoms with Gasteiger partial charge in [0.2, 0.25) is 5.91 Å². The van der Waals surface area contributed by atoms with E-state index in [4.69, 9.17) is 5.11 Å². The van der Waals surface area contributed by atoms with Gasteiger partial charge >= 0.3 is 5.97 Å². The molecule has 1 amide bonds. The average molecular weight is 529 g/mol. The van der Waals surface area contributed by atoms with Crippen LogP contribution in [0.4, 0.5) is 13.2 Å². The van der Waals surface area contributed by atoms with Crippen molar-refractivity contribution < 1.29 is 27.9 Å². The summed E-state index contributed by atoms with van der Waals surface area (Å²) in [5, 5.41) is 9.20. The maximum atomic E-state index is 14.0. The first-order valence-corrected chi connectivity index (χ1v) is 14.1. The van der Waals surface area contributed by atoms with Crippen LogP contribution in [-0.2, 0) is 16.1 Å².